The molecule has 0 atom stereocenters. The zero-order valence-corrected chi connectivity index (χ0v) is 4.53. The second-order valence-electron chi connectivity index (χ2n) is 1.20. The van der Waals surface area contributed by atoms with Gasteiger partial charge in [-0.25, -0.2) is 0 Å². The van der Waals surface area contributed by atoms with Crippen LogP contribution in [-0.2, 0) is 0 Å². The largest absolute Gasteiger partial charge is 0.308 e. The summed E-state index contributed by atoms with van der Waals surface area (Å²) in [7, 11) is 0. The third-order valence-electron chi connectivity index (χ3n) is 0.710. The van der Waals surface area contributed by atoms with Crippen LogP contribution in [0.1, 0.15) is 5.56 Å². The molecule has 0 bridgehead atoms. The Hall–Kier alpha value is -0.630. The lowest BCUT2D eigenvalue weighted by atomic mass is 10.4. The van der Waals surface area contributed by atoms with Crippen molar-refractivity contribution >= 4 is 17.6 Å². The molecule has 1 aromatic rings. The molecule has 1 N–H and O–H groups in total. The molecule has 0 saturated heterocycles. The van der Waals surface area contributed by atoms with E-state index in [4.69, 9.17) is 5.41 Å². The van der Waals surface area contributed by atoms with E-state index >= 15 is 0 Å². The fourth-order valence-electron chi connectivity index (χ4n) is 0.357. The molecule has 1 rings (SSSR count). The first kappa shape index (κ1) is 4.53. The van der Waals surface area contributed by atoms with Crippen molar-refractivity contribution in [1.29, 1.82) is 5.41 Å². The average molecular weight is 111 g/mol. The smallest absolute Gasteiger partial charge is 0.0258 e. The molecular weight excluding hydrogens is 106 g/mol. The fourth-order valence-corrected chi connectivity index (χ4v) is 0.975. The monoisotopic (exact) mass is 111 g/mol. The van der Waals surface area contributed by atoms with Gasteiger partial charge in [0.15, 0.2) is 0 Å². The van der Waals surface area contributed by atoms with Gasteiger partial charge in [0.25, 0.3) is 0 Å². The van der Waals surface area contributed by atoms with E-state index in [2.05, 4.69) is 0 Å². The molecule has 0 amide bonds. The van der Waals surface area contributed by atoms with Crippen molar-refractivity contribution in [2.45, 2.75) is 0 Å². The first-order valence-electron chi connectivity index (χ1n) is 1.96. The van der Waals surface area contributed by atoms with Gasteiger partial charge < -0.3 is 5.41 Å². The second-order valence-corrected chi connectivity index (χ2v) is 1.98. The third-order valence-corrected chi connectivity index (χ3v) is 1.41. The van der Waals surface area contributed by atoms with Crippen molar-refractivity contribution in [3.63, 3.8) is 0 Å². The van der Waals surface area contributed by atoms with Gasteiger partial charge in [0.05, 0.1) is 0 Å². The molecule has 0 aliphatic carbocycles. The van der Waals surface area contributed by atoms with Gasteiger partial charge in [0.1, 0.15) is 0 Å². The molecule has 7 heavy (non-hydrogen) atoms. The van der Waals surface area contributed by atoms with Gasteiger partial charge in [0.2, 0.25) is 0 Å². The Morgan fingerprint density at radius 3 is 2.86 bits per heavy atom. The van der Waals surface area contributed by atoms with Crippen molar-refractivity contribution in [3.8, 4) is 0 Å². The summed E-state index contributed by atoms with van der Waals surface area (Å²) in [6, 6.07) is 1.91. The highest BCUT2D eigenvalue weighted by Crippen LogP contribution is 2.00. The Labute approximate surface area is 46.1 Å². The second kappa shape index (κ2) is 1.89. The Balaban J connectivity index is 2.96. The van der Waals surface area contributed by atoms with Crippen molar-refractivity contribution < 1.29 is 0 Å². The maximum atomic E-state index is 6.74. The molecule has 1 heterocycles. The Bertz CT molecular complexity index is 143. The van der Waals surface area contributed by atoms with Crippen LogP contribution in [0.4, 0.5) is 0 Å². The van der Waals surface area contributed by atoms with Crippen LogP contribution in [0.5, 0.6) is 0 Å². The lowest BCUT2D eigenvalue weighted by Gasteiger charge is -1.69. The van der Waals surface area contributed by atoms with Crippen LogP contribution in [0.15, 0.2) is 16.8 Å². The van der Waals surface area contributed by atoms with Crippen molar-refractivity contribution in [3.05, 3.63) is 22.4 Å². The summed E-state index contributed by atoms with van der Waals surface area (Å²) in [6.45, 7) is 0. The van der Waals surface area contributed by atoms with E-state index < -0.39 is 0 Å². The van der Waals surface area contributed by atoms with E-state index in [9.17, 15) is 0 Å². The Kier molecular flexibility index (Phi) is 1.22. The van der Waals surface area contributed by atoms with E-state index in [1.807, 2.05) is 16.8 Å². The molecule has 0 radical (unpaired) electrons. The summed E-state index contributed by atoms with van der Waals surface area (Å²) in [6.07, 6.45) is 1.34. The predicted molar refractivity (Wildman–Crippen MR) is 32.2 cm³/mol. The first-order chi connectivity index (χ1) is 3.43. The van der Waals surface area contributed by atoms with Crippen LogP contribution in [0.25, 0.3) is 0 Å². The summed E-state index contributed by atoms with van der Waals surface area (Å²) < 4.78 is 0. The normalized spacial score (nSPS) is 8.57. The minimum atomic E-state index is 0.991. The minimum Gasteiger partial charge on any atom is -0.308 e. The summed E-state index contributed by atoms with van der Waals surface area (Å²) >= 11 is 1.61. The van der Waals surface area contributed by atoms with E-state index in [0.29, 0.717) is 0 Å². The zero-order chi connectivity index (χ0) is 5.11. The highest BCUT2D eigenvalue weighted by atomic mass is 32.1. The predicted octanol–water partition coefficient (Wildman–Crippen LogP) is 1.75. The standard InChI is InChI=1S/C5H5NS/c6-3-5-1-2-7-4-5/h1-4,6H. The summed E-state index contributed by atoms with van der Waals surface area (Å²) in [4.78, 5) is 0. The number of rotatable bonds is 1. The first-order valence-corrected chi connectivity index (χ1v) is 2.90. The highest BCUT2D eigenvalue weighted by Gasteiger charge is 1.79. The zero-order valence-electron chi connectivity index (χ0n) is 3.72. The number of nitrogens with one attached hydrogen (secondary N) is 1. The fraction of sp³-hybridized carbons (Fsp3) is 0. The molecule has 0 spiro atoms. The maximum absolute atomic E-state index is 6.74. The number of hydrogen-bond donors (Lipinski definition) is 1. The van der Waals surface area contributed by atoms with Gasteiger partial charge in [-0.05, 0) is 16.8 Å². The topological polar surface area (TPSA) is 23.9 Å². The maximum Gasteiger partial charge on any atom is 0.0258 e. The molecule has 0 aliphatic heterocycles. The van der Waals surface area contributed by atoms with Crippen LogP contribution in [0.2, 0.25) is 0 Å². The summed E-state index contributed by atoms with van der Waals surface area (Å²) in [5.41, 5.74) is 0.991. The highest BCUT2D eigenvalue weighted by molar-refractivity contribution is 7.08. The van der Waals surface area contributed by atoms with E-state index in [1.54, 1.807) is 11.3 Å². The molecule has 1 nitrogen and oxygen atoms in total. The van der Waals surface area contributed by atoms with Crippen LogP contribution in [0.3, 0.4) is 0 Å². The number of thiophene rings is 1. The van der Waals surface area contributed by atoms with E-state index in [0.717, 1.165) is 5.56 Å². The molecule has 0 saturated carbocycles. The van der Waals surface area contributed by atoms with Crippen molar-refractivity contribution in [2.75, 3.05) is 0 Å². The molecule has 36 valence electrons. The quantitative estimate of drug-likeness (QED) is 0.534. The van der Waals surface area contributed by atoms with Gasteiger partial charge in [-0.1, -0.05) is 0 Å². The van der Waals surface area contributed by atoms with E-state index in [-0.39, 0.29) is 0 Å². The summed E-state index contributed by atoms with van der Waals surface area (Å²) in [5.74, 6) is 0. The van der Waals surface area contributed by atoms with Gasteiger partial charge in [-0.15, -0.1) is 0 Å². The molecule has 0 fully saturated rings. The Morgan fingerprint density at radius 1 is 1.71 bits per heavy atom. The lowest BCUT2D eigenvalue weighted by Crippen LogP contribution is -1.64. The van der Waals surface area contributed by atoms with Gasteiger partial charge >= 0.3 is 0 Å². The summed E-state index contributed by atoms with van der Waals surface area (Å²) in [5, 5.41) is 10.6. The van der Waals surface area contributed by atoms with Crippen LogP contribution < -0.4 is 0 Å². The molecule has 0 aliphatic rings. The van der Waals surface area contributed by atoms with Crippen LogP contribution >= 0.6 is 11.3 Å². The van der Waals surface area contributed by atoms with Crippen molar-refractivity contribution in [2.24, 2.45) is 0 Å². The molecule has 0 aromatic carbocycles. The van der Waals surface area contributed by atoms with Crippen LogP contribution in [0, 0.1) is 5.41 Å². The van der Waals surface area contributed by atoms with Crippen LogP contribution in [-0.4, -0.2) is 6.21 Å². The average Bonchev–Trinajstić information content (AvgIpc) is 2.14. The van der Waals surface area contributed by atoms with Crippen molar-refractivity contribution in [1.82, 2.24) is 0 Å². The lowest BCUT2D eigenvalue weighted by molar-refractivity contribution is 1.56. The third kappa shape index (κ3) is 0.871. The van der Waals surface area contributed by atoms with Gasteiger partial charge in [0, 0.05) is 11.8 Å². The number of hydrogen-bond acceptors (Lipinski definition) is 2. The SMILES string of the molecule is N=Cc1ccsc1. The Morgan fingerprint density at radius 2 is 2.57 bits per heavy atom. The molecular formula is C5H5NS. The molecule has 1 aromatic heterocycles. The minimum absolute atomic E-state index is 0.991. The van der Waals surface area contributed by atoms with Gasteiger partial charge in [-0.3, -0.25) is 0 Å². The molecule has 2 heteroatoms. The van der Waals surface area contributed by atoms with Gasteiger partial charge in [-0.2, -0.15) is 11.3 Å². The van der Waals surface area contributed by atoms with E-state index in [1.165, 1.54) is 6.21 Å². The molecule has 0 unspecified atom stereocenters.